The molecule has 0 spiro atoms. The van der Waals surface area contributed by atoms with Gasteiger partial charge in [-0.15, -0.1) is 0 Å². The first kappa shape index (κ1) is 12.2. The molecule has 1 heteroatoms. The van der Waals surface area contributed by atoms with Gasteiger partial charge in [-0.05, 0) is 23.8 Å². The number of aliphatic hydroxyl groups is 1. The Morgan fingerprint density at radius 2 is 1.61 bits per heavy atom. The van der Waals surface area contributed by atoms with Gasteiger partial charge in [0.25, 0.3) is 0 Å². The molecule has 0 saturated carbocycles. The van der Waals surface area contributed by atoms with Crippen molar-refractivity contribution in [2.45, 2.75) is 0 Å². The number of rotatable bonds is 2. The first-order chi connectivity index (χ1) is 8.90. The molecule has 88 valence electrons. The van der Waals surface area contributed by atoms with Gasteiger partial charge in [0.2, 0.25) is 0 Å². The lowest BCUT2D eigenvalue weighted by molar-refractivity contribution is 0.343. The smallest absolute Gasteiger partial charge is 0.0615 e. The van der Waals surface area contributed by atoms with Crippen LogP contribution in [0.3, 0.4) is 0 Å². The molecule has 0 bridgehead atoms. The van der Waals surface area contributed by atoms with E-state index in [1.54, 1.807) is 6.08 Å². The van der Waals surface area contributed by atoms with E-state index in [0.717, 1.165) is 16.7 Å². The van der Waals surface area contributed by atoms with Crippen molar-refractivity contribution in [2.24, 2.45) is 0 Å². The maximum absolute atomic E-state index is 8.80. The second-order valence-electron chi connectivity index (χ2n) is 3.79. The van der Waals surface area contributed by atoms with E-state index in [-0.39, 0.29) is 6.61 Å². The van der Waals surface area contributed by atoms with Crippen molar-refractivity contribution >= 4 is 6.08 Å². The Labute approximate surface area is 107 Å². The van der Waals surface area contributed by atoms with Gasteiger partial charge in [-0.25, -0.2) is 0 Å². The third-order valence-corrected chi connectivity index (χ3v) is 2.48. The third-order valence-electron chi connectivity index (χ3n) is 2.48. The van der Waals surface area contributed by atoms with Gasteiger partial charge < -0.3 is 5.11 Å². The number of aliphatic hydroxyl groups excluding tert-OH is 1. The minimum Gasteiger partial charge on any atom is -0.392 e. The number of hydrogen-bond donors (Lipinski definition) is 1. The molecule has 0 heterocycles. The fraction of sp³-hybridized carbons (Fsp3) is 0.0588. The van der Waals surface area contributed by atoms with E-state index in [4.69, 9.17) is 5.11 Å². The summed E-state index contributed by atoms with van der Waals surface area (Å²) in [6, 6.07) is 17.8. The van der Waals surface area contributed by atoms with E-state index in [9.17, 15) is 0 Å². The molecule has 2 aromatic rings. The van der Waals surface area contributed by atoms with Crippen LogP contribution in [0.4, 0.5) is 0 Å². The van der Waals surface area contributed by atoms with Crippen LogP contribution in [0.1, 0.15) is 16.7 Å². The molecular weight excluding hydrogens is 220 g/mol. The van der Waals surface area contributed by atoms with Gasteiger partial charge in [-0.1, -0.05) is 60.4 Å². The highest BCUT2D eigenvalue weighted by Gasteiger charge is 1.93. The Morgan fingerprint density at radius 1 is 0.889 bits per heavy atom. The van der Waals surface area contributed by atoms with Gasteiger partial charge in [0, 0.05) is 11.1 Å². The number of hydrogen-bond acceptors (Lipinski definition) is 1. The van der Waals surface area contributed by atoms with Crippen molar-refractivity contribution in [3.63, 3.8) is 0 Å². The summed E-state index contributed by atoms with van der Waals surface area (Å²) in [5.41, 5.74) is 2.99. The molecule has 0 aromatic heterocycles. The second-order valence-corrected chi connectivity index (χ2v) is 3.79. The van der Waals surface area contributed by atoms with Crippen molar-refractivity contribution in [1.82, 2.24) is 0 Å². The molecular formula is C17H14O. The first-order valence-electron chi connectivity index (χ1n) is 5.83. The van der Waals surface area contributed by atoms with E-state index >= 15 is 0 Å². The highest BCUT2D eigenvalue weighted by molar-refractivity contribution is 5.60. The van der Waals surface area contributed by atoms with Crippen LogP contribution in [0.15, 0.2) is 60.7 Å². The van der Waals surface area contributed by atoms with Crippen LogP contribution in [-0.4, -0.2) is 11.7 Å². The fourth-order valence-electron chi connectivity index (χ4n) is 1.60. The van der Waals surface area contributed by atoms with Crippen molar-refractivity contribution in [3.8, 4) is 11.8 Å². The van der Waals surface area contributed by atoms with Crippen molar-refractivity contribution < 1.29 is 5.11 Å². The van der Waals surface area contributed by atoms with Crippen LogP contribution in [0, 0.1) is 11.8 Å². The molecule has 0 amide bonds. The van der Waals surface area contributed by atoms with Crippen LogP contribution in [-0.2, 0) is 0 Å². The minimum atomic E-state index is 0.0421. The van der Waals surface area contributed by atoms with E-state index in [1.165, 1.54) is 0 Å². The summed E-state index contributed by atoms with van der Waals surface area (Å²) in [4.78, 5) is 0. The molecule has 0 aliphatic carbocycles. The minimum absolute atomic E-state index is 0.0421. The molecule has 0 fully saturated rings. The zero-order chi connectivity index (χ0) is 12.6. The Hall–Kier alpha value is -2.30. The zero-order valence-electron chi connectivity index (χ0n) is 10.0. The lowest BCUT2D eigenvalue weighted by Crippen LogP contribution is -1.82. The third kappa shape index (κ3) is 3.35. The summed E-state index contributed by atoms with van der Waals surface area (Å²) < 4.78 is 0. The molecule has 2 rings (SSSR count). The molecule has 0 unspecified atom stereocenters. The fourth-order valence-corrected chi connectivity index (χ4v) is 1.60. The molecule has 1 N–H and O–H groups in total. The largest absolute Gasteiger partial charge is 0.392 e. The molecule has 0 saturated heterocycles. The summed E-state index contributed by atoms with van der Waals surface area (Å²) in [6.07, 6.45) is 3.60. The quantitative estimate of drug-likeness (QED) is 0.792. The van der Waals surface area contributed by atoms with Gasteiger partial charge in [0.05, 0.1) is 6.61 Å². The monoisotopic (exact) mass is 234 g/mol. The van der Waals surface area contributed by atoms with E-state index in [1.807, 2.05) is 60.7 Å². The molecule has 1 nitrogen and oxygen atoms in total. The van der Waals surface area contributed by atoms with E-state index in [2.05, 4.69) is 11.8 Å². The van der Waals surface area contributed by atoms with Crippen molar-refractivity contribution in [3.05, 3.63) is 77.4 Å². The topological polar surface area (TPSA) is 20.2 Å². The number of benzene rings is 2. The Balaban J connectivity index is 2.30. The van der Waals surface area contributed by atoms with Crippen LogP contribution < -0.4 is 0 Å². The maximum atomic E-state index is 8.80. The van der Waals surface area contributed by atoms with Crippen molar-refractivity contribution in [2.75, 3.05) is 6.61 Å². The van der Waals surface area contributed by atoms with Crippen LogP contribution in [0.5, 0.6) is 0 Å². The van der Waals surface area contributed by atoms with Crippen LogP contribution in [0.25, 0.3) is 6.08 Å². The van der Waals surface area contributed by atoms with Crippen molar-refractivity contribution in [1.29, 1.82) is 0 Å². The normalized spacial score (nSPS) is 10.1. The second kappa shape index (κ2) is 6.44. The lowest BCUT2D eigenvalue weighted by atomic mass is 10.1. The first-order valence-corrected chi connectivity index (χ1v) is 5.83. The zero-order valence-corrected chi connectivity index (χ0v) is 10.0. The van der Waals surface area contributed by atoms with Gasteiger partial charge in [-0.3, -0.25) is 0 Å². The predicted molar refractivity (Wildman–Crippen MR) is 75.0 cm³/mol. The molecule has 0 aliphatic heterocycles. The molecule has 18 heavy (non-hydrogen) atoms. The molecule has 0 atom stereocenters. The maximum Gasteiger partial charge on any atom is 0.0615 e. The van der Waals surface area contributed by atoms with Gasteiger partial charge in [-0.2, -0.15) is 0 Å². The predicted octanol–water partition coefficient (Wildman–Crippen LogP) is 3.09. The Morgan fingerprint density at radius 3 is 2.39 bits per heavy atom. The van der Waals surface area contributed by atoms with Crippen LogP contribution in [0.2, 0.25) is 0 Å². The molecule has 2 aromatic carbocycles. The summed E-state index contributed by atoms with van der Waals surface area (Å²) >= 11 is 0. The standard InChI is InChI=1S/C17H14O/c18-14-6-11-16-9-4-5-10-17(16)13-12-15-7-2-1-3-8-15/h1-11,18H,14H2. The summed E-state index contributed by atoms with van der Waals surface area (Å²) in [5.74, 6) is 6.29. The Bertz CT molecular complexity index is 586. The van der Waals surface area contributed by atoms with E-state index in [0.29, 0.717) is 0 Å². The van der Waals surface area contributed by atoms with Crippen LogP contribution >= 0.6 is 0 Å². The highest BCUT2D eigenvalue weighted by Crippen LogP contribution is 2.09. The van der Waals surface area contributed by atoms with Gasteiger partial charge >= 0.3 is 0 Å². The summed E-state index contributed by atoms with van der Waals surface area (Å²) in [7, 11) is 0. The summed E-state index contributed by atoms with van der Waals surface area (Å²) in [6.45, 7) is 0.0421. The highest BCUT2D eigenvalue weighted by atomic mass is 16.2. The molecule has 0 aliphatic rings. The van der Waals surface area contributed by atoms with Gasteiger partial charge in [0.15, 0.2) is 0 Å². The SMILES string of the molecule is OCC=Cc1ccccc1C#Cc1ccccc1. The molecule has 0 radical (unpaired) electrons. The average molecular weight is 234 g/mol. The van der Waals surface area contributed by atoms with Gasteiger partial charge in [0.1, 0.15) is 0 Å². The summed E-state index contributed by atoms with van der Waals surface area (Å²) in [5, 5.41) is 8.80. The Kier molecular flexibility index (Phi) is 4.35. The van der Waals surface area contributed by atoms with E-state index < -0.39 is 0 Å². The average Bonchev–Trinajstić information content (AvgIpc) is 2.45. The lowest BCUT2D eigenvalue weighted by Gasteiger charge is -1.97.